The normalized spacial score (nSPS) is 10.1. The molecule has 0 amide bonds. The van der Waals surface area contributed by atoms with Crippen LogP contribution in [0.3, 0.4) is 0 Å². The van der Waals surface area contributed by atoms with Crippen LogP contribution in [-0.4, -0.2) is 19.9 Å². The van der Waals surface area contributed by atoms with Crippen LogP contribution in [0.1, 0.15) is 11.1 Å². The van der Waals surface area contributed by atoms with Crippen molar-refractivity contribution in [1.29, 1.82) is 0 Å². The summed E-state index contributed by atoms with van der Waals surface area (Å²) in [5.41, 5.74) is 4.34. The zero-order valence-electron chi connectivity index (χ0n) is 15.2. The fourth-order valence-electron chi connectivity index (χ4n) is 2.70. The molecule has 0 spiro atoms. The van der Waals surface area contributed by atoms with E-state index in [0.29, 0.717) is 17.0 Å². The van der Waals surface area contributed by atoms with E-state index in [4.69, 9.17) is 4.98 Å². The maximum Gasteiger partial charge on any atom is 0.269 e. The average Bonchev–Trinajstić information content (AvgIpc) is 2.79. The fourth-order valence-corrected chi connectivity index (χ4v) is 2.70. The Balaban J connectivity index is 1.76. The summed E-state index contributed by atoms with van der Waals surface area (Å²) >= 11 is 0. The third-order valence-corrected chi connectivity index (χ3v) is 4.11. The maximum absolute atomic E-state index is 10.8. The van der Waals surface area contributed by atoms with Gasteiger partial charge in [-0.2, -0.15) is 0 Å². The third kappa shape index (κ3) is 4.31. The summed E-state index contributed by atoms with van der Waals surface area (Å²) in [6, 6.07) is 21.2. The summed E-state index contributed by atoms with van der Waals surface area (Å²) in [4.78, 5) is 23.8. The van der Waals surface area contributed by atoms with Crippen LogP contribution in [0.4, 0.5) is 5.69 Å². The van der Waals surface area contributed by atoms with E-state index < -0.39 is 4.92 Å². The smallest absolute Gasteiger partial charge is 0.258 e. The van der Waals surface area contributed by atoms with Crippen LogP contribution >= 0.6 is 0 Å². The Kier molecular flexibility index (Phi) is 5.04. The molecule has 0 fully saturated rings. The molecule has 0 saturated carbocycles. The number of non-ortho nitro benzene ring substituents is 1. The van der Waals surface area contributed by atoms with E-state index >= 15 is 0 Å². The number of hydrogen-bond acceptors (Lipinski definition) is 5. The molecule has 4 aromatic rings. The Hall–Kier alpha value is -4.37. The molecule has 1 aromatic carbocycles. The monoisotopic (exact) mass is 378 g/mol. The van der Waals surface area contributed by atoms with E-state index in [0.717, 1.165) is 17.0 Å². The Morgan fingerprint density at radius 3 is 1.72 bits per heavy atom. The summed E-state index contributed by atoms with van der Waals surface area (Å²) in [7, 11) is 0. The van der Waals surface area contributed by atoms with Gasteiger partial charge in [0.2, 0.25) is 0 Å². The summed E-state index contributed by atoms with van der Waals surface area (Å²) in [6.07, 6.45) is 3.43. The minimum absolute atomic E-state index is 0.0364. The number of nitrogens with zero attached hydrogens (tertiary/aromatic N) is 4. The molecule has 0 atom stereocenters. The van der Waals surface area contributed by atoms with Gasteiger partial charge in [-0.05, 0) is 48.5 Å². The Morgan fingerprint density at radius 2 is 1.24 bits per heavy atom. The van der Waals surface area contributed by atoms with E-state index in [1.54, 1.807) is 24.5 Å². The van der Waals surface area contributed by atoms with E-state index in [2.05, 4.69) is 21.8 Å². The zero-order valence-corrected chi connectivity index (χ0v) is 15.2. The van der Waals surface area contributed by atoms with Gasteiger partial charge < -0.3 is 0 Å². The predicted molar refractivity (Wildman–Crippen MR) is 110 cm³/mol. The SMILES string of the molecule is O=[N+]([O-])c1ccc(C#Cc2cc(-c3ccccn3)nc(-c3ccccn3)c2)cc1. The average molecular weight is 378 g/mol. The third-order valence-electron chi connectivity index (χ3n) is 4.11. The quantitative estimate of drug-likeness (QED) is 0.297. The summed E-state index contributed by atoms with van der Waals surface area (Å²) in [5.74, 6) is 6.16. The topological polar surface area (TPSA) is 81.8 Å². The Morgan fingerprint density at radius 1 is 0.690 bits per heavy atom. The molecule has 0 aliphatic heterocycles. The first-order chi connectivity index (χ1) is 14.2. The number of hydrogen-bond donors (Lipinski definition) is 0. The van der Waals surface area contributed by atoms with Gasteiger partial charge in [-0.3, -0.25) is 20.1 Å². The van der Waals surface area contributed by atoms with Gasteiger partial charge in [-0.25, -0.2) is 4.98 Å². The van der Waals surface area contributed by atoms with Crippen molar-refractivity contribution >= 4 is 5.69 Å². The number of nitro groups is 1. The van der Waals surface area contributed by atoms with Crippen molar-refractivity contribution in [2.45, 2.75) is 0 Å². The van der Waals surface area contributed by atoms with Gasteiger partial charge in [0.1, 0.15) is 0 Å². The standard InChI is InChI=1S/C23H14N4O2/c28-27(29)19-11-9-17(10-12-19)7-8-18-15-22(20-5-1-3-13-24-20)26-23(16-18)21-6-2-4-14-25-21/h1-6,9-16H. The molecule has 138 valence electrons. The minimum Gasteiger partial charge on any atom is -0.258 e. The van der Waals surface area contributed by atoms with E-state index in [-0.39, 0.29) is 5.69 Å². The second-order valence-corrected chi connectivity index (χ2v) is 6.11. The second-order valence-electron chi connectivity index (χ2n) is 6.11. The molecule has 3 heterocycles. The van der Waals surface area contributed by atoms with E-state index in [1.807, 2.05) is 48.5 Å². The van der Waals surface area contributed by atoms with Crippen molar-refractivity contribution in [3.63, 3.8) is 0 Å². The first-order valence-electron chi connectivity index (χ1n) is 8.80. The fraction of sp³-hybridized carbons (Fsp3) is 0. The molecule has 6 heteroatoms. The molecule has 4 rings (SSSR count). The van der Waals surface area contributed by atoms with Gasteiger partial charge in [0.15, 0.2) is 0 Å². The number of rotatable bonds is 3. The van der Waals surface area contributed by atoms with Crippen molar-refractivity contribution < 1.29 is 4.92 Å². The molecule has 0 aliphatic carbocycles. The number of aromatic nitrogens is 3. The molecular weight excluding hydrogens is 364 g/mol. The van der Waals surface area contributed by atoms with Crippen molar-refractivity contribution in [3.05, 3.63) is 106 Å². The van der Waals surface area contributed by atoms with Crippen LogP contribution < -0.4 is 0 Å². The van der Waals surface area contributed by atoms with Gasteiger partial charge in [0.05, 0.1) is 27.7 Å². The van der Waals surface area contributed by atoms with Crippen molar-refractivity contribution in [2.75, 3.05) is 0 Å². The molecule has 0 N–H and O–H groups in total. The highest BCUT2D eigenvalue weighted by molar-refractivity contribution is 5.65. The summed E-state index contributed by atoms with van der Waals surface area (Å²) in [5, 5.41) is 10.8. The van der Waals surface area contributed by atoms with Crippen LogP contribution in [0, 0.1) is 22.0 Å². The molecular formula is C23H14N4O2. The van der Waals surface area contributed by atoms with Gasteiger partial charge in [0.25, 0.3) is 5.69 Å². The lowest BCUT2D eigenvalue weighted by atomic mass is 10.1. The minimum atomic E-state index is -0.432. The van der Waals surface area contributed by atoms with Crippen LogP contribution in [-0.2, 0) is 0 Å². The van der Waals surface area contributed by atoms with E-state index in [1.165, 1.54) is 12.1 Å². The zero-order chi connectivity index (χ0) is 20.1. The molecule has 3 aromatic heterocycles. The molecule has 0 unspecified atom stereocenters. The van der Waals surface area contributed by atoms with Crippen LogP contribution in [0.5, 0.6) is 0 Å². The predicted octanol–water partition coefficient (Wildman–Crippen LogP) is 4.51. The first kappa shape index (κ1) is 18.0. The lowest BCUT2D eigenvalue weighted by Gasteiger charge is -2.05. The van der Waals surface area contributed by atoms with Crippen LogP contribution in [0.25, 0.3) is 22.8 Å². The lowest BCUT2D eigenvalue weighted by molar-refractivity contribution is -0.384. The van der Waals surface area contributed by atoms with Crippen LogP contribution in [0.15, 0.2) is 85.2 Å². The second kappa shape index (κ2) is 8.11. The highest BCUT2D eigenvalue weighted by Gasteiger charge is 2.08. The molecule has 0 bridgehead atoms. The molecule has 6 nitrogen and oxygen atoms in total. The van der Waals surface area contributed by atoms with Crippen molar-refractivity contribution in [3.8, 4) is 34.6 Å². The van der Waals surface area contributed by atoms with Crippen molar-refractivity contribution in [1.82, 2.24) is 15.0 Å². The van der Waals surface area contributed by atoms with Gasteiger partial charge in [0, 0.05) is 35.7 Å². The highest BCUT2D eigenvalue weighted by atomic mass is 16.6. The Bertz CT molecular complexity index is 1150. The number of nitro benzene ring substituents is 1. The van der Waals surface area contributed by atoms with Gasteiger partial charge >= 0.3 is 0 Å². The number of pyridine rings is 3. The maximum atomic E-state index is 10.8. The molecule has 0 saturated heterocycles. The Labute approximate surface area is 167 Å². The van der Waals surface area contributed by atoms with Gasteiger partial charge in [-0.15, -0.1) is 0 Å². The molecule has 29 heavy (non-hydrogen) atoms. The first-order valence-corrected chi connectivity index (χ1v) is 8.80. The highest BCUT2D eigenvalue weighted by Crippen LogP contribution is 2.22. The van der Waals surface area contributed by atoms with E-state index in [9.17, 15) is 10.1 Å². The largest absolute Gasteiger partial charge is 0.269 e. The summed E-state index contributed by atoms with van der Waals surface area (Å²) in [6.45, 7) is 0. The molecule has 0 radical (unpaired) electrons. The molecule has 0 aliphatic rings. The lowest BCUT2D eigenvalue weighted by Crippen LogP contribution is -1.94. The van der Waals surface area contributed by atoms with Gasteiger partial charge in [-0.1, -0.05) is 24.0 Å². The summed E-state index contributed by atoms with van der Waals surface area (Å²) < 4.78 is 0. The number of benzene rings is 1. The van der Waals surface area contributed by atoms with Crippen LogP contribution in [0.2, 0.25) is 0 Å². The van der Waals surface area contributed by atoms with Crippen molar-refractivity contribution in [2.24, 2.45) is 0 Å².